The molecular weight excluding hydrogens is 448 g/mol. The maximum Gasteiger partial charge on any atom is 0.306 e. The van der Waals surface area contributed by atoms with Gasteiger partial charge in [-0.3, -0.25) is 9.59 Å². The monoisotopic (exact) mass is 474 g/mol. The fourth-order valence-corrected chi connectivity index (χ4v) is 4.26. The van der Waals surface area contributed by atoms with Crippen molar-refractivity contribution in [1.82, 2.24) is 19.9 Å². The molecule has 5 rings (SSSR count). The van der Waals surface area contributed by atoms with Gasteiger partial charge in [0.05, 0.1) is 5.52 Å². The molecule has 1 aliphatic heterocycles. The summed E-state index contributed by atoms with van der Waals surface area (Å²) in [7, 11) is 0. The van der Waals surface area contributed by atoms with E-state index in [0.717, 1.165) is 39.1 Å². The Hall–Kier alpha value is -4.14. The molecule has 0 fully saturated rings. The third kappa shape index (κ3) is 4.49. The van der Waals surface area contributed by atoms with Crippen LogP contribution in [0.3, 0.4) is 0 Å². The minimum absolute atomic E-state index is 0.134. The van der Waals surface area contributed by atoms with Gasteiger partial charge in [0.15, 0.2) is 23.3 Å². The first-order valence-corrected chi connectivity index (χ1v) is 11.5. The molecular formula is C26H26N4O5. The van der Waals surface area contributed by atoms with Crippen LogP contribution in [0.15, 0.2) is 42.5 Å². The standard InChI is InChI=1S/C26H26N4O5/c1-15-19(16(2)30-25(28-15)20-6-4-5-7-21(20)29-30)9-11-24(31)35-17(3)26(32)27-13-18-8-10-22-23(12-18)34-14-33-22/h4-8,10,12,17H,9,11,13-14H2,1-3H3,(H,27,32). The SMILES string of the molecule is Cc1nc2c3ccccc3nn2c(C)c1CCC(=O)OC(C)C(=O)NCc1ccc2c(c1)OCO2. The van der Waals surface area contributed by atoms with Crippen molar-refractivity contribution in [1.29, 1.82) is 0 Å². The van der Waals surface area contributed by atoms with Gasteiger partial charge in [0.1, 0.15) is 0 Å². The van der Waals surface area contributed by atoms with Crippen LogP contribution in [0.25, 0.3) is 16.6 Å². The summed E-state index contributed by atoms with van der Waals surface area (Å²) in [4.78, 5) is 29.7. The second-order valence-electron chi connectivity index (χ2n) is 8.55. The zero-order valence-corrected chi connectivity index (χ0v) is 19.8. The van der Waals surface area contributed by atoms with Crippen molar-refractivity contribution >= 4 is 28.4 Å². The summed E-state index contributed by atoms with van der Waals surface area (Å²) in [5, 5.41) is 8.43. The number of fused-ring (bicyclic) bond motifs is 4. The third-order valence-electron chi connectivity index (χ3n) is 6.18. The van der Waals surface area contributed by atoms with Crippen LogP contribution in [0.2, 0.25) is 0 Å². The van der Waals surface area contributed by atoms with Crippen LogP contribution in [-0.2, 0) is 27.3 Å². The number of benzene rings is 2. The van der Waals surface area contributed by atoms with E-state index in [0.29, 0.717) is 24.5 Å². The highest BCUT2D eigenvalue weighted by Crippen LogP contribution is 2.32. The smallest absolute Gasteiger partial charge is 0.306 e. The van der Waals surface area contributed by atoms with Gasteiger partial charge >= 0.3 is 5.97 Å². The average Bonchev–Trinajstić information content (AvgIpc) is 3.46. The quantitative estimate of drug-likeness (QED) is 0.409. The number of esters is 1. The van der Waals surface area contributed by atoms with Crippen molar-refractivity contribution in [3.05, 3.63) is 65.0 Å². The topological polar surface area (TPSA) is 104 Å². The Labute approximate surface area is 202 Å². The molecule has 1 unspecified atom stereocenters. The van der Waals surface area contributed by atoms with Gasteiger partial charge in [-0.25, -0.2) is 9.50 Å². The Kier molecular flexibility index (Phi) is 5.98. The number of aromatic nitrogens is 3. The highest BCUT2D eigenvalue weighted by molar-refractivity contribution is 5.92. The Morgan fingerprint density at radius 3 is 2.80 bits per heavy atom. The van der Waals surface area contributed by atoms with Crippen LogP contribution in [0.1, 0.15) is 35.9 Å². The van der Waals surface area contributed by atoms with E-state index in [4.69, 9.17) is 19.2 Å². The summed E-state index contributed by atoms with van der Waals surface area (Å²) in [5.41, 5.74) is 5.27. The summed E-state index contributed by atoms with van der Waals surface area (Å²) in [5.74, 6) is 0.524. The minimum atomic E-state index is -0.907. The Morgan fingerprint density at radius 1 is 1.14 bits per heavy atom. The minimum Gasteiger partial charge on any atom is -0.454 e. The van der Waals surface area contributed by atoms with Crippen LogP contribution < -0.4 is 14.8 Å². The molecule has 0 spiro atoms. The number of carbonyl (C=O) groups is 2. The van der Waals surface area contributed by atoms with E-state index in [-0.39, 0.29) is 19.1 Å². The van der Waals surface area contributed by atoms with Crippen molar-refractivity contribution in [3.63, 3.8) is 0 Å². The fraction of sp³-hybridized carbons (Fsp3) is 0.308. The maximum atomic E-state index is 12.5. The maximum absolute atomic E-state index is 12.5. The molecule has 3 heterocycles. The number of nitrogens with one attached hydrogen (secondary N) is 1. The van der Waals surface area contributed by atoms with Gasteiger partial charge in [0, 0.05) is 29.7 Å². The molecule has 2 aromatic heterocycles. The van der Waals surface area contributed by atoms with Crippen LogP contribution >= 0.6 is 0 Å². The van der Waals surface area contributed by atoms with E-state index in [9.17, 15) is 9.59 Å². The Morgan fingerprint density at radius 2 is 1.94 bits per heavy atom. The Balaban J connectivity index is 1.18. The van der Waals surface area contributed by atoms with E-state index in [1.54, 1.807) is 13.0 Å². The van der Waals surface area contributed by atoms with Crippen molar-refractivity contribution in [2.24, 2.45) is 0 Å². The van der Waals surface area contributed by atoms with E-state index in [1.165, 1.54) is 0 Å². The zero-order chi connectivity index (χ0) is 24.5. The lowest BCUT2D eigenvalue weighted by atomic mass is 10.1. The van der Waals surface area contributed by atoms with E-state index in [1.807, 2.05) is 54.8 Å². The molecule has 4 aromatic rings. The van der Waals surface area contributed by atoms with Gasteiger partial charge in [0.2, 0.25) is 6.79 Å². The molecule has 0 aliphatic carbocycles. The summed E-state index contributed by atoms with van der Waals surface area (Å²) >= 11 is 0. The molecule has 0 saturated heterocycles. The van der Waals surface area contributed by atoms with Gasteiger partial charge in [0.25, 0.3) is 5.91 Å². The van der Waals surface area contributed by atoms with Gasteiger partial charge in [-0.2, -0.15) is 5.10 Å². The molecule has 9 nitrogen and oxygen atoms in total. The summed E-state index contributed by atoms with van der Waals surface area (Å²) in [6.07, 6.45) is -0.327. The van der Waals surface area contributed by atoms with Crippen molar-refractivity contribution in [2.75, 3.05) is 6.79 Å². The number of carbonyl (C=O) groups excluding carboxylic acids is 2. The van der Waals surface area contributed by atoms with Crippen molar-refractivity contribution in [3.8, 4) is 11.5 Å². The molecule has 1 N–H and O–H groups in total. The number of hydrogen-bond acceptors (Lipinski definition) is 7. The van der Waals surface area contributed by atoms with Gasteiger partial charge in [-0.1, -0.05) is 18.2 Å². The number of ether oxygens (including phenoxy) is 3. The van der Waals surface area contributed by atoms with Crippen molar-refractivity contribution in [2.45, 2.75) is 46.3 Å². The Bertz CT molecular complexity index is 1440. The van der Waals surface area contributed by atoms with Gasteiger partial charge in [-0.05, 0) is 62.6 Å². The number of hydrogen-bond donors (Lipinski definition) is 1. The fourth-order valence-electron chi connectivity index (χ4n) is 4.26. The molecule has 1 aliphatic rings. The molecule has 35 heavy (non-hydrogen) atoms. The molecule has 0 saturated carbocycles. The highest BCUT2D eigenvalue weighted by Gasteiger charge is 2.20. The molecule has 1 atom stereocenters. The van der Waals surface area contributed by atoms with E-state index in [2.05, 4.69) is 10.4 Å². The molecule has 0 bridgehead atoms. The lowest BCUT2D eigenvalue weighted by molar-refractivity contribution is -0.154. The average molecular weight is 475 g/mol. The summed E-state index contributed by atoms with van der Waals surface area (Å²) in [6, 6.07) is 13.3. The predicted molar refractivity (Wildman–Crippen MR) is 128 cm³/mol. The number of rotatable bonds is 7. The zero-order valence-electron chi connectivity index (χ0n) is 19.8. The highest BCUT2D eigenvalue weighted by atomic mass is 16.7. The lowest BCUT2D eigenvalue weighted by Crippen LogP contribution is -2.35. The third-order valence-corrected chi connectivity index (χ3v) is 6.18. The number of amides is 1. The summed E-state index contributed by atoms with van der Waals surface area (Å²) in [6.45, 7) is 5.95. The van der Waals surface area contributed by atoms with Crippen LogP contribution in [0, 0.1) is 13.8 Å². The summed E-state index contributed by atoms with van der Waals surface area (Å²) < 4.78 is 17.8. The first kappa shape index (κ1) is 22.6. The van der Waals surface area contributed by atoms with Crippen LogP contribution in [0.4, 0.5) is 0 Å². The van der Waals surface area contributed by atoms with Gasteiger partial charge < -0.3 is 19.5 Å². The lowest BCUT2D eigenvalue weighted by Gasteiger charge is -2.15. The second kappa shape index (κ2) is 9.25. The van der Waals surface area contributed by atoms with Crippen LogP contribution in [-0.4, -0.2) is 39.4 Å². The van der Waals surface area contributed by atoms with E-state index < -0.39 is 12.1 Å². The first-order valence-electron chi connectivity index (χ1n) is 11.5. The van der Waals surface area contributed by atoms with E-state index >= 15 is 0 Å². The number of nitrogens with zero attached hydrogens (tertiary/aromatic N) is 3. The molecule has 0 radical (unpaired) electrons. The molecule has 2 aromatic carbocycles. The number of aryl methyl sites for hydroxylation is 2. The normalized spacial score (nSPS) is 13.2. The predicted octanol–water partition coefficient (Wildman–Crippen LogP) is 3.41. The molecule has 180 valence electrons. The first-order chi connectivity index (χ1) is 16.9. The second-order valence-corrected chi connectivity index (χ2v) is 8.55. The van der Waals surface area contributed by atoms with Crippen molar-refractivity contribution < 1.29 is 23.8 Å². The van der Waals surface area contributed by atoms with Crippen LogP contribution in [0.5, 0.6) is 11.5 Å². The largest absolute Gasteiger partial charge is 0.454 e. The molecule has 1 amide bonds. The van der Waals surface area contributed by atoms with Gasteiger partial charge in [-0.15, -0.1) is 0 Å². The molecule has 9 heteroatoms.